The van der Waals surface area contributed by atoms with Crippen molar-refractivity contribution in [1.82, 2.24) is 4.72 Å². The maximum absolute atomic E-state index is 11.9. The monoisotopic (exact) mass is 357 g/mol. The van der Waals surface area contributed by atoms with Gasteiger partial charge in [-0.25, -0.2) is 13.1 Å². The highest BCUT2D eigenvalue weighted by molar-refractivity contribution is 9.11. The fourth-order valence-electron chi connectivity index (χ4n) is 1.53. The molecule has 7 heteroatoms. The first kappa shape index (κ1) is 13.8. The van der Waals surface area contributed by atoms with Crippen LogP contribution in [0.1, 0.15) is 25.7 Å². The molecule has 1 saturated carbocycles. The third-order valence-electron chi connectivity index (χ3n) is 2.67. The summed E-state index contributed by atoms with van der Waals surface area (Å²) < 4.78 is 27.3. The first-order chi connectivity index (χ1) is 7.99. The second-order valence-electron chi connectivity index (χ2n) is 4.17. The topological polar surface area (TPSA) is 46.2 Å². The van der Waals surface area contributed by atoms with Gasteiger partial charge in [0.05, 0.1) is 8.81 Å². The summed E-state index contributed by atoms with van der Waals surface area (Å²) in [6.45, 7) is 0.506. The summed E-state index contributed by atoms with van der Waals surface area (Å²) in [6, 6.07) is 1.47. The van der Waals surface area contributed by atoms with Crippen LogP contribution < -0.4 is 4.72 Å². The summed E-state index contributed by atoms with van der Waals surface area (Å²) in [7, 11) is -3.39. The van der Waals surface area contributed by atoms with Gasteiger partial charge < -0.3 is 0 Å². The van der Waals surface area contributed by atoms with E-state index in [4.69, 9.17) is 11.6 Å². The third kappa shape index (κ3) is 3.92. The molecule has 1 aliphatic rings. The summed E-state index contributed by atoms with van der Waals surface area (Å²) in [5.41, 5.74) is 0. The molecule has 1 heterocycles. The Morgan fingerprint density at radius 1 is 1.53 bits per heavy atom. The molecule has 1 aromatic rings. The van der Waals surface area contributed by atoms with Gasteiger partial charge >= 0.3 is 0 Å². The Morgan fingerprint density at radius 3 is 2.76 bits per heavy atom. The Bertz CT molecular complexity index is 477. The number of nitrogens with one attached hydrogen (secondary N) is 1. The van der Waals surface area contributed by atoms with Crippen LogP contribution in [0.25, 0.3) is 0 Å². The molecule has 1 N–H and O–H groups in total. The van der Waals surface area contributed by atoms with E-state index in [9.17, 15) is 8.42 Å². The Labute approximate surface area is 119 Å². The van der Waals surface area contributed by atoms with Crippen LogP contribution in [0.3, 0.4) is 0 Å². The normalized spacial score (nSPS) is 16.4. The van der Waals surface area contributed by atoms with E-state index in [0.29, 0.717) is 15.4 Å². The molecule has 2 rings (SSSR count). The van der Waals surface area contributed by atoms with Gasteiger partial charge in [0.2, 0.25) is 10.0 Å². The van der Waals surface area contributed by atoms with Crippen molar-refractivity contribution in [1.29, 1.82) is 0 Å². The maximum Gasteiger partial charge on any atom is 0.250 e. The van der Waals surface area contributed by atoms with Gasteiger partial charge in [-0.2, -0.15) is 0 Å². The van der Waals surface area contributed by atoms with Crippen LogP contribution in [-0.4, -0.2) is 15.0 Å². The van der Waals surface area contributed by atoms with Gasteiger partial charge in [0.15, 0.2) is 0 Å². The Hall–Kier alpha value is 0.380. The predicted octanol–water partition coefficient (Wildman–Crippen LogP) is 3.63. The fraction of sp³-hybridized carbons (Fsp3) is 0.600. The number of hydrogen-bond acceptors (Lipinski definition) is 3. The minimum atomic E-state index is -3.39. The average Bonchev–Trinajstić information content (AvgIpc) is 3.01. The lowest BCUT2D eigenvalue weighted by molar-refractivity contribution is 0.574. The van der Waals surface area contributed by atoms with Gasteiger partial charge in [0.1, 0.15) is 4.21 Å². The standard InChI is InChI=1S/C10H13BrClNO2S2/c11-10-8(12)6-9(16-10)17(14,15)13-5-1-2-7-3-4-7/h6-7,13H,1-5H2. The minimum Gasteiger partial charge on any atom is -0.210 e. The summed E-state index contributed by atoms with van der Waals surface area (Å²) >= 11 is 10.2. The van der Waals surface area contributed by atoms with Crippen LogP contribution in [-0.2, 0) is 10.0 Å². The molecule has 3 nitrogen and oxygen atoms in total. The van der Waals surface area contributed by atoms with Crippen LogP contribution in [0.2, 0.25) is 5.02 Å². The lowest BCUT2D eigenvalue weighted by Crippen LogP contribution is -2.24. The van der Waals surface area contributed by atoms with Crippen molar-refractivity contribution < 1.29 is 8.42 Å². The van der Waals surface area contributed by atoms with E-state index in [2.05, 4.69) is 20.7 Å². The molecule has 0 radical (unpaired) electrons. The predicted molar refractivity (Wildman–Crippen MR) is 74.2 cm³/mol. The van der Waals surface area contributed by atoms with E-state index < -0.39 is 10.0 Å². The number of rotatable bonds is 6. The first-order valence-corrected chi connectivity index (χ1v) is 8.90. The zero-order valence-corrected chi connectivity index (χ0v) is 13.1. The fourth-order valence-corrected chi connectivity index (χ4v) is 5.05. The van der Waals surface area contributed by atoms with Crippen LogP contribution in [0, 0.1) is 5.92 Å². The average molecular weight is 359 g/mol. The van der Waals surface area contributed by atoms with E-state index in [0.717, 1.165) is 30.1 Å². The molecule has 0 atom stereocenters. The second kappa shape index (κ2) is 5.57. The zero-order chi connectivity index (χ0) is 12.5. The molecule has 0 saturated heterocycles. The molecule has 1 aromatic heterocycles. The van der Waals surface area contributed by atoms with E-state index in [1.807, 2.05) is 0 Å². The molecule has 0 unspecified atom stereocenters. The molecule has 0 aromatic carbocycles. The summed E-state index contributed by atoms with van der Waals surface area (Å²) in [6.07, 6.45) is 4.64. The summed E-state index contributed by atoms with van der Waals surface area (Å²) in [5.74, 6) is 0.838. The number of halogens is 2. The van der Waals surface area contributed by atoms with Gasteiger partial charge in [-0.3, -0.25) is 0 Å². The van der Waals surface area contributed by atoms with Crippen LogP contribution in [0.15, 0.2) is 14.1 Å². The largest absolute Gasteiger partial charge is 0.250 e. The van der Waals surface area contributed by atoms with Crippen molar-refractivity contribution in [3.8, 4) is 0 Å². The van der Waals surface area contributed by atoms with E-state index >= 15 is 0 Å². The molecule has 17 heavy (non-hydrogen) atoms. The molecule has 96 valence electrons. The number of thiophene rings is 1. The van der Waals surface area contributed by atoms with Crippen molar-refractivity contribution in [3.63, 3.8) is 0 Å². The highest BCUT2D eigenvalue weighted by Crippen LogP contribution is 2.35. The first-order valence-electron chi connectivity index (χ1n) is 5.43. The smallest absolute Gasteiger partial charge is 0.210 e. The molecule has 0 aliphatic heterocycles. The SMILES string of the molecule is O=S(=O)(NCCCC1CC1)c1cc(Cl)c(Br)s1. The highest BCUT2D eigenvalue weighted by Gasteiger charge is 2.21. The van der Waals surface area contributed by atoms with Crippen molar-refractivity contribution >= 4 is 48.9 Å². The highest BCUT2D eigenvalue weighted by atomic mass is 79.9. The second-order valence-corrected chi connectivity index (χ2v) is 8.94. The minimum absolute atomic E-state index is 0.265. The molecular formula is C10H13BrClNO2S2. The van der Waals surface area contributed by atoms with Crippen molar-refractivity contribution in [2.24, 2.45) is 5.92 Å². The number of hydrogen-bond donors (Lipinski definition) is 1. The Balaban J connectivity index is 1.88. The molecule has 1 fully saturated rings. The van der Waals surface area contributed by atoms with Gasteiger partial charge in [0, 0.05) is 6.54 Å². The van der Waals surface area contributed by atoms with Crippen molar-refractivity contribution in [2.45, 2.75) is 29.9 Å². The van der Waals surface area contributed by atoms with E-state index in [-0.39, 0.29) is 4.21 Å². The van der Waals surface area contributed by atoms with Crippen molar-refractivity contribution in [2.75, 3.05) is 6.54 Å². The summed E-state index contributed by atoms with van der Waals surface area (Å²) in [5, 5.41) is 0.438. The molecule has 0 amide bonds. The van der Waals surface area contributed by atoms with Crippen LogP contribution in [0.5, 0.6) is 0 Å². The maximum atomic E-state index is 11.9. The van der Waals surface area contributed by atoms with E-state index in [1.54, 1.807) is 0 Å². The zero-order valence-electron chi connectivity index (χ0n) is 9.08. The Morgan fingerprint density at radius 2 is 2.24 bits per heavy atom. The number of sulfonamides is 1. The molecular weight excluding hydrogens is 346 g/mol. The van der Waals surface area contributed by atoms with E-state index in [1.165, 1.54) is 18.9 Å². The molecule has 0 bridgehead atoms. The third-order valence-corrected chi connectivity index (χ3v) is 7.07. The van der Waals surface area contributed by atoms with Crippen molar-refractivity contribution in [3.05, 3.63) is 14.9 Å². The van der Waals surface area contributed by atoms with Crippen LogP contribution in [0.4, 0.5) is 0 Å². The van der Waals surface area contributed by atoms with Crippen LogP contribution >= 0.6 is 38.9 Å². The van der Waals surface area contributed by atoms with Gasteiger partial charge in [0.25, 0.3) is 0 Å². The molecule has 1 aliphatic carbocycles. The van der Waals surface area contributed by atoms with Gasteiger partial charge in [-0.05, 0) is 40.8 Å². The Kier molecular flexibility index (Phi) is 4.52. The van der Waals surface area contributed by atoms with Gasteiger partial charge in [-0.15, -0.1) is 11.3 Å². The lowest BCUT2D eigenvalue weighted by atomic mass is 10.2. The molecule has 0 spiro atoms. The lowest BCUT2D eigenvalue weighted by Gasteiger charge is -2.03. The summed E-state index contributed by atoms with van der Waals surface area (Å²) in [4.78, 5) is 0. The van der Waals surface area contributed by atoms with Gasteiger partial charge in [-0.1, -0.05) is 24.4 Å². The quantitative estimate of drug-likeness (QED) is 0.789.